The summed E-state index contributed by atoms with van der Waals surface area (Å²) in [5.41, 5.74) is 5.87. The number of methoxy groups -OCH3 is 6. The molecule has 0 saturated carbocycles. The van der Waals surface area contributed by atoms with Crippen LogP contribution in [0.25, 0.3) is 0 Å². The van der Waals surface area contributed by atoms with Crippen LogP contribution in [0.3, 0.4) is 0 Å². The Morgan fingerprint density at radius 3 is 1.31 bits per heavy atom. The van der Waals surface area contributed by atoms with Crippen molar-refractivity contribution in [3.05, 3.63) is 94.6 Å². The van der Waals surface area contributed by atoms with Crippen molar-refractivity contribution in [2.24, 2.45) is 0 Å². The van der Waals surface area contributed by atoms with Gasteiger partial charge in [0.25, 0.3) is 0 Å². The van der Waals surface area contributed by atoms with Crippen LogP contribution in [0.1, 0.15) is 92.5 Å². The zero-order valence-electron chi connectivity index (χ0n) is 34.2. The molecule has 3 aromatic rings. The van der Waals surface area contributed by atoms with Crippen molar-refractivity contribution in [2.75, 3.05) is 42.7 Å². The van der Waals surface area contributed by atoms with Crippen LogP contribution in [0, 0.1) is 20.8 Å². The molecule has 12 heteroatoms. The third-order valence-electron chi connectivity index (χ3n) is 8.50. The number of carbonyl (C=O) groups excluding carboxylic acids is 3. The molecule has 0 radical (unpaired) electrons. The Kier molecular flexibility index (Phi) is 25.3. The summed E-state index contributed by atoms with van der Waals surface area (Å²) >= 11 is 0. The van der Waals surface area contributed by atoms with Gasteiger partial charge in [0.1, 0.15) is 17.2 Å². The minimum Gasteiger partial charge on any atom is -0.497 e. The minimum absolute atomic E-state index is 0.170. The molecule has 0 aliphatic heterocycles. The van der Waals surface area contributed by atoms with E-state index in [1.54, 1.807) is 45.6 Å². The van der Waals surface area contributed by atoms with E-state index < -0.39 is 7.12 Å². The van der Waals surface area contributed by atoms with Crippen LogP contribution >= 0.6 is 0 Å². The molecule has 3 aromatic carbocycles. The number of esters is 3. The molecular formula is C42H61BO11. The maximum atomic E-state index is 11.3. The second-order valence-electron chi connectivity index (χ2n) is 12.2. The third-order valence-corrected chi connectivity index (χ3v) is 8.50. The van der Waals surface area contributed by atoms with E-state index in [1.807, 2.05) is 52.0 Å². The van der Waals surface area contributed by atoms with Crippen molar-refractivity contribution in [2.45, 2.75) is 85.5 Å². The Morgan fingerprint density at radius 2 is 1.00 bits per heavy atom. The van der Waals surface area contributed by atoms with E-state index in [0.29, 0.717) is 24.1 Å². The van der Waals surface area contributed by atoms with Crippen LogP contribution in [0.4, 0.5) is 0 Å². The summed E-state index contributed by atoms with van der Waals surface area (Å²) in [6, 6.07) is 17.2. The Balaban J connectivity index is 0.000000719. The molecule has 0 aliphatic rings. The third kappa shape index (κ3) is 18.3. The van der Waals surface area contributed by atoms with E-state index in [1.165, 1.54) is 27.4 Å². The number of rotatable bonds is 14. The first-order valence-electron chi connectivity index (χ1n) is 17.9. The normalized spacial score (nSPS) is 11.1. The molecule has 2 N–H and O–H groups in total. The predicted octanol–water partition coefficient (Wildman–Crippen LogP) is 6.93. The number of allylic oxidation sites excluding steroid dienone is 1. The number of aryl methyl sites for hydroxylation is 3. The van der Waals surface area contributed by atoms with Gasteiger partial charge in [-0.1, -0.05) is 63.2 Å². The molecule has 0 heterocycles. The number of carbonyl (C=O) groups is 3. The molecule has 0 fully saturated rings. The molecule has 0 saturated heterocycles. The van der Waals surface area contributed by atoms with Crippen LogP contribution in [0.2, 0.25) is 0 Å². The molecule has 11 nitrogen and oxygen atoms in total. The second kappa shape index (κ2) is 27.8. The van der Waals surface area contributed by atoms with Crippen LogP contribution in [-0.4, -0.2) is 77.7 Å². The summed E-state index contributed by atoms with van der Waals surface area (Å²) in [4.78, 5) is 32.9. The maximum absolute atomic E-state index is 11.3. The minimum atomic E-state index is -1.43. The summed E-state index contributed by atoms with van der Waals surface area (Å²) in [5.74, 6) is 2.16. The van der Waals surface area contributed by atoms with Gasteiger partial charge in [0.15, 0.2) is 0 Å². The van der Waals surface area contributed by atoms with Crippen LogP contribution in [0.15, 0.2) is 66.7 Å². The zero-order valence-corrected chi connectivity index (χ0v) is 34.2. The number of hydrogen-bond donors (Lipinski definition) is 2. The fraction of sp³-hybridized carbons (Fsp3) is 0.452. The van der Waals surface area contributed by atoms with Crippen LogP contribution in [-0.2, 0) is 28.6 Å². The lowest BCUT2D eigenvalue weighted by Crippen LogP contribution is -2.29. The van der Waals surface area contributed by atoms with Gasteiger partial charge in [0.05, 0.1) is 55.5 Å². The first-order valence-corrected chi connectivity index (χ1v) is 17.9. The van der Waals surface area contributed by atoms with Gasteiger partial charge >= 0.3 is 25.0 Å². The highest BCUT2D eigenvalue weighted by Crippen LogP contribution is 2.30. The van der Waals surface area contributed by atoms with Gasteiger partial charge in [-0.2, -0.15) is 0 Å². The molecule has 0 aliphatic carbocycles. The van der Waals surface area contributed by atoms with E-state index in [-0.39, 0.29) is 29.7 Å². The lowest BCUT2D eigenvalue weighted by molar-refractivity contribution is -0.142. The average Bonchev–Trinajstić information content (AvgIpc) is 3.19. The molecule has 3 rings (SSSR count). The summed E-state index contributed by atoms with van der Waals surface area (Å²) in [7, 11) is 7.65. The average molecular weight is 753 g/mol. The molecule has 0 bridgehead atoms. The molecule has 0 spiro atoms. The van der Waals surface area contributed by atoms with Crippen LogP contribution in [0.5, 0.6) is 17.2 Å². The number of ether oxygens (including phenoxy) is 6. The highest BCUT2D eigenvalue weighted by molar-refractivity contribution is 6.58. The Bertz CT molecular complexity index is 1510. The van der Waals surface area contributed by atoms with E-state index in [2.05, 4.69) is 30.7 Å². The van der Waals surface area contributed by atoms with Gasteiger partial charge in [0, 0.05) is 6.08 Å². The highest BCUT2D eigenvalue weighted by atomic mass is 16.5. The number of benzene rings is 3. The van der Waals surface area contributed by atoms with Gasteiger partial charge in [-0.25, -0.2) is 4.79 Å². The van der Waals surface area contributed by atoms with E-state index >= 15 is 0 Å². The van der Waals surface area contributed by atoms with Gasteiger partial charge in [-0.3, -0.25) is 9.59 Å². The number of hydrogen-bond acceptors (Lipinski definition) is 11. The molecule has 54 heavy (non-hydrogen) atoms. The molecule has 0 amide bonds. The smallest absolute Gasteiger partial charge is 0.488 e. The van der Waals surface area contributed by atoms with Crippen molar-refractivity contribution < 1.29 is 52.9 Å². The van der Waals surface area contributed by atoms with Crippen molar-refractivity contribution in [3.63, 3.8) is 0 Å². The standard InChI is InChI=1S/2C14H20O3.C8H11BO3.C6H10O2/c2*1-5-11(9-14(15)17-4)12-7-6-10(2)13(8-12)16-3;1-6-3-4-7(9(10)11)5-8(6)12-2;1-3-4-5-6(7)8-2/h2*6-8,11H,5,9H2,1-4H3;3-5,10-11H,1-2H3;4-5H,3H2,1-2H3/b;;;5-4+/t2*11-;;/m10../s1. The van der Waals surface area contributed by atoms with Gasteiger partial charge < -0.3 is 38.5 Å². The monoisotopic (exact) mass is 752 g/mol. The largest absolute Gasteiger partial charge is 0.497 e. The maximum Gasteiger partial charge on any atom is 0.488 e. The summed E-state index contributed by atoms with van der Waals surface area (Å²) in [6.07, 6.45) is 6.68. The molecule has 298 valence electrons. The van der Waals surface area contributed by atoms with Crippen molar-refractivity contribution >= 4 is 30.5 Å². The lowest BCUT2D eigenvalue weighted by atomic mass is 9.80. The highest BCUT2D eigenvalue weighted by Gasteiger charge is 2.17. The van der Waals surface area contributed by atoms with Crippen molar-refractivity contribution in [1.82, 2.24) is 0 Å². The Morgan fingerprint density at radius 1 is 0.611 bits per heavy atom. The van der Waals surface area contributed by atoms with Gasteiger partial charge in [-0.05, 0) is 103 Å². The quantitative estimate of drug-likeness (QED) is 0.0765. The Hall–Kier alpha value is -4.81. The van der Waals surface area contributed by atoms with Gasteiger partial charge in [0.2, 0.25) is 0 Å². The van der Waals surface area contributed by atoms with Crippen LogP contribution < -0.4 is 19.7 Å². The summed E-state index contributed by atoms with van der Waals surface area (Å²) < 4.78 is 29.4. The summed E-state index contributed by atoms with van der Waals surface area (Å²) in [5, 5.41) is 17.7. The molecule has 0 unspecified atom stereocenters. The lowest BCUT2D eigenvalue weighted by Gasteiger charge is -2.15. The second-order valence-corrected chi connectivity index (χ2v) is 12.2. The zero-order chi connectivity index (χ0) is 41.2. The Labute approximate surface area is 322 Å². The molecule has 2 atom stereocenters. The fourth-order valence-corrected chi connectivity index (χ4v) is 5.03. The van der Waals surface area contributed by atoms with Gasteiger partial charge in [-0.15, -0.1) is 0 Å². The SMILES string of the molecule is CC/C=C/C(=O)OC.CC[C@@H](CC(=O)OC)c1ccc(C)c(OC)c1.CC[C@H](CC(=O)OC)c1ccc(C)c(OC)c1.COc1cc(B(O)O)ccc1C. The van der Waals surface area contributed by atoms with E-state index in [0.717, 1.165) is 58.6 Å². The molecular weight excluding hydrogens is 691 g/mol. The fourth-order valence-electron chi connectivity index (χ4n) is 5.03. The first kappa shape index (κ1) is 49.2. The molecule has 0 aromatic heterocycles. The topological polar surface area (TPSA) is 147 Å². The van der Waals surface area contributed by atoms with Crippen molar-refractivity contribution in [1.29, 1.82) is 0 Å². The predicted molar refractivity (Wildman–Crippen MR) is 214 cm³/mol. The van der Waals surface area contributed by atoms with Crippen molar-refractivity contribution in [3.8, 4) is 17.2 Å². The first-order chi connectivity index (χ1) is 25.7. The summed E-state index contributed by atoms with van der Waals surface area (Å²) in [6.45, 7) is 12.0. The van der Waals surface area contributed by atoms with E-state index in [9.17, 15) is 14.4 Å². The van der Waals surface area contributed by atoms with E-state index in [4.69, 9.17) is 33.7 Å².